The van der Waals surface area contributed by atoms with E-state index >= 15 is 0 Å². The first-order valence-electron chi connectivity index (χ1n) is 6.77. The molecule has 0 heterocycles. The summed E-state index contributed by atoms with van der Waals surface area (Å²) in [4.78, 5) is 0. The third kappa shape index (κ3) is 9.53. The van der Waals surface area contributed by atoms with Crippen molar-refractivity contribution in [3.05, 3.63) is 0 Å². The predicted molar refractivity (Wildman–Crippen MR) is 67.9 cm³/mol. The second-order valence-electron chi connectivity index (χ2n) is 4.46. The van der Waals surface area contributed by atoms with Crippen LogP contribution in [0.25, 0.3) is 0 Å². The number of ether oxygens (including phenoxy) is 1. The quantitative estimate of drug-likeness (QED) is 0.457. The van der Waals surface area contributed by atoms with Gasteiger partial charge in [0.25, 0.3) is 0 Å². The second kappa shape index (κ2) is 12.3. The topological polar surface area (TPSA) is 69.9 Å². The molecular formula is C13H28O4. The summed E-state index contributed by atoms with van der Waals surface area (Å²) in [5.41, 5.74) is 0. The molecule has 17 heavy (non-hydrogen) atoms. The smallest absolute Gasteiger partial charge is 0.109 e. The first kappa shape index (κ1) is 16.8. The van der Waals surface area contributed by atoms with Crippen molar-refractivity contribution in [1.29, 1.82) is 0 Å². The van der Waals surface area contributed by atoms with Gasteiger partial charge in [0.1, 0.15) is 12.2 Å². The molecule has 0 aromatic carbocycles. The zero-order valence-corrected chi connectivity index (χ0v) is 11.0. The molecule has 2 atom stereocenters. The molecule has 3 N–H and O–H groups in total. The summed E-state index contributed by atoms with van der Waals surface area (Å²) in [6.45, 7) is 2.12. The van der Waals surface area contributed by atoms with Crippen molar-refractivity contribution in [2.24, 2.45) is 0 Å². The number of aliphatic hydroxyl groups is 3. The van der Waals surface area contributed by atoms with Crippen LogP contribution in [0.5, 0.6) is 0 Å². The molecular weight excluding hydrogens is 220 g/mol. The molecule has 0 aliphatic carbocycles. The average Bonchev–Trinajstić information content (AvgIpc) is 2.36. The summed E-state index contributed by atoms with van der Waals surface area (Å²) >= 11 is 0. The van der Waals surface area contributed by atoms with Crippen molar-refractivity contribution in [1.82, 2.24) is 0 Å². The first-order valence-corrected chi connectivity index (χ1v) is 6.77. The van der Waals surface area contributed by atoms with Gasteiger partial charge in [-0.15, -0.1) is 0 Å². The summed E-state index contributed by atoms with van der Waals surface area (Å²) in [6.07, 6.45) is 6.81. The van der Waals surface area contributed by atoms with Crippen molar-refractivity contribution >= 4 is 0 Å². The lowest BCUT2D eigenvalue weighted by molar-refractivity contribution is -0.0802. The minimum Gasteiger partial charge on any atom is -0.394 e. The van der Waals surface area contributed by atoms with Crippen LogP contribution < -0.4 is 0 Å². The van der Waals surface area contributed by atoms with Crippen LogP contribution in [0.4, 0.5) is 0 Å². The first-order chi connectivity index (χ1) is 8.26. The molecule has 0 aromatic rings. The molecule has 0 amide bonds. The van der Waals surface area contributed by atoms with Crippen molar-refractivity contribution in [3.63, 3.8) is 0 Å². The van der Waals surface area contributed by atoms with Crippen LogP contribution >= 0.6 is 0 Å². The van der Waals surface area contributed by atoms with Crippen LogP contribution in [0, 0.1) is 0 Å². The lowest BCUT2D eigenvalue weighted by atomic mass is 10.1. The Morgan fingerprint density at radius 3 is 2.00 bits per heavy atom. The van der Waals surface area contributed by atoms with Gasteiger partial charge >= 0.3 is 0 Å². The van der Waals surface area contributed by atoms with E-state index in [-0.39, 0.29) is 13.2 Å². The Labute approximate surface area is 105 Å². The Hall–Kier alpha value is -0.160. The molecule has 104 valence electrons. The van der Waals surface area contributed by atoms with Crippen LogP contribution in [0.15, 0.2) is 0 Å². The molecule has 0 aliphatic heterocycles. The van der Waals surface area contributed by atoms with Gasteiger partial charge in [-0.3, -0.25) is 0 Å². The van der Waals surface area contributed by atoms with Gasteiger partial charge in [-0.25, -0.2) is 0 Å². The van der Waals surface area contributed by atoms with Gasteiger partial charge < -0.3 is 20.1 Å². The monoisotopic (exact) mass is 248 g/mol. The summed E-state index contributed by atoms with van der Waals surface area (Å²) in [5.74, 6) is 0. The summed E-state index contributed by atoms with van der Waals surface area (Å²) in [6, 6.07) is 0. The fraction of sp³-hybridized carbons (Fsp3) is 1.00. The molecule has 0 aliphatic rings. The summed E-state index contributed by atoms with van der Waals surface area (Å²) < 4.78 is 5.31. The fourth-order valence-electron chi connectivity index (χ4n) is 1.70. The highest BCUT2D eigenvalue weighted by atomic mass is 16.5. The van der Waals surface area contributed by atoms with Gasteiger partial charge in [0.2, 0.25) is 0 Å². The van der Waals surface area contributed by atoms with E-state index in [0.29, 0.717) is 6.61 Å². The maximum Gasteiger partial charge on any atom is 0.109 e. The molecule has 0 radical (unpaired) electrons. The van der Waals surface area contributed by atoms with Gasteiger partial charge in [0, 0.05) is 6.61 Å². The number of hydrogen-bond acceptors (Lipinski definition) is 4. The highest BCUT2D eigenvalue weighted by Gasteiger charge is 2.17. The molecule has 0 aromatic heterocycles. The Kier molecular flexibility index (Phi) is 12.2. The van der Waals surface area contributed by atoms with E-state index in [1.807, 2.05) is 0 Å². The van der Waals surface area contributed by atoms with Gasteiger partial charge in [-0.1, -0.05) is 45.4 Å². The van der Waals surface area contributed by atoms with E-state index in [4.69, 9.17) is 14.9 Å². The lowest BCUT2D eigenvalue weighted by Gasteiger charge is -2.19. The Bertz CT molecular complexity index is 152. The van der Waals surface area contributed by atoms with E-state index in [0.717, 1.165) is 12.8 Å². The molecule has 0 saturated heterocycles. The van der Waals surface area contributed by atoms with Crippen molar-refractivity contribution in [3.8, 4) is 0 Å². The van der Waals surface area contributed by atoms with Crippen LogP contribution in [-0.2, 0) is 4.74 Å². The standard InChI is InChI=1S/C13H28O4/c1-2-3-4-5-6-7-8-9-17-13(11-15)12(16)10-14/h12-16H,2-11H2,1H3/t12-,13-/m0/s1. The van der Waals surface area contributed by atoms with E-state index in [1.54, 1.807) is 0 Å². The third-order valence-corrected chi connectivity index (χ3v) is 2.88. The largest absolute Gasteiger partial charge is 0.394 e. The van der Waals surface area contributed by atoms with Gasteiger partial charge in [-0.05, 0) is 6.42 Å². The predicted octanol–water partition coefficient (Wildman–Crippen LogP) is 1.47. The van der Waals surface area contributed by atoms with E-state index in [2.05, 4.69) is 6.92 Å². The lowest BCUT2D eigenvalue weighted by Crippen LogP contribution is -2.35. The van der Waals surface area contributed by atoms with Gasteiger partial charge in [-0.2, -0.15) is 0 Å². The highest BCUT2D eigenvalue weighted by molar-refractivity contribution is 4.66. The Balaban J connectivity index is 3.31. The molecule has 0 fully saturated rings. The van der Waals surface area contributed by atoms with Crippen molar-refractivity contribution in [2.45, 2.75) is 64.1 Å². The van der Waals surface area contributed by atoms with Gasteiger partial charge in [0.15, 0.2) is 0 Å². The van der Waals surface area contributed by atoms with Crippen LogP contribution in [0.2, 0.25) is 0 Å². The van der Waals surface area contributed by atoms with Crippen LogP contribution in [-0.4, -0.2) is 47.3 Å². The van der Waals surface area contributed by atoms with E-state index in [1.165, 1.54) is 32.1 Å². The molecule has 0 saturated carbocycles. The number of aliphatic hydroxyl groups excluding tert-OH is 3. The molecule has 0 unspecified atom stereocenters. The maximum absolute atomic E-state index is 9.28. The zero-order chi connectivity index (χ0) is 12.9. The van der Waals surface area contributed by atoms with E-state index < -0.39 is 12.2 Å². The van der Waals surface area contributed by atoms with Crippen molar-refractivity contribution < 1.29 is 20.1 Å². The SMILES string of the molecule is CCCCCCCCCO[C@@H](CO)[C@@H](O)CO. The molecule has 0 spiro atoms. The third-order valence-electron chi connectivity index (χ3n) is 2.88. The molecule has 0 bridgehead atoms. The minimum absolute atomic E-state index is 0.252. The number of rotatable bonds is 12. The molecule has 4 heteroatoms. The normalized spacial score (nSPS) is 14.8. The summed E-state index contributed by atoms with van der Waals surface area (Å²) in [7, 11) is 0. The number of unbranched alkanes of at least 4 members (excludes halogenated alkanes) is 6. The molecule has 4 nitrogen and oxygen atoms in total. The Morgan fingerprint density at radius 2 is 1.47 bits per heavy atom. The van der Waals surface area contributed by atoms with Crippen LogP contribution in [0.1, 0.15) is 51.9 Å². The Morgan fingerprint density at radius 1 is 0.882 bits per heavy atom. The highest BCUT2D eigenvalue weighted by Crippen LogP contribution is 2.08. The second-order valence-corrected chi connectivity index (χ2v) is 4.46. The summed E-state index contributed by atoms with van der Waals surface area (Å²) in [5, 5.41) is 26.9. The number of hydrogen-bond donors (Lipinski definition) is 3. The maximum atomic E-state index is 9.28. The fourth-order valence-corrected chi connectivity index (χ4v) is 1.70. The molecule has 0 rings (SSSR count). The average molecular weight is 248 g/mol. The van der Waals surface area contributed by atoms with Gasteiger partial charge in [0.05, 0.1) is 13.2 Å². The van der Waals surface area contributed by atoms with E-state index in [9.17, 15) is 5.11 Å². The van der Waals surface area contributed by atoms with Crippen LogP contribution in [0.3, 0.4) is 0 Å². The zero-order valence-electron chi connectivity index (χ0n) is 11.0. The van der Waals surface area contributed by atoms with Crippen molar-refractivity contribution in [2.75, 3.05) is 19.8 Å². The minimum atomic E-state index is -0.982.